The van der Waals surface area contributed by atoms with Crippen molar-refractivity contribution in [1.82, 2.24) is 0 Å². The Bertz CT molecular complexity index is 1810. The topological polar surface area (TPSA) is 9.23 Å². The number of hydrogen-bond donors (Lipinski definition) is 0. The molecule has 5 aromatic rings. The predicted molar refractivity (Wildman–Crippen MR) is 157 cm³/mol. The Hall–Kier alpha value is -4.66. The minimum absolute atomic E-state index is 0.0853. The fourth-order valence-electron chi connectivity index (χ4n) is 5.03. The molecule has 9 heteroatoms. The first kappa shape index (κ1) is 31.8. The molecule has 0 saturated heterocycles. The van der Waals surface area contributed by atoms with E-state index in [4.69, 9.17) is 0 Å². The monoisotopic (exact) mass is 626 g/mol. The summed E-state index contributed by atoms with van der Waals surface area (Å²) in [4.78, 5) is 0. The molecule has 1 nitrogen and oxygen atoms in total. The summed E-state index contributed by atoms with van der Waals surface area (Å²) in [5.74, 6) is -8.84. The Morgan fingerprint density at radius 3 is 1.67 bits per heavy atom. The lowest BCUT2D eigenvalue weighted by Gasteiger charge is -2.20. The summed E-state index contributed by atoms with van der Waals surface area (Å²) in [5, 5.41) is 0. The standard InChI is InChI=1S/C36H26F8O/c1-2-3-4-5-21-6-8-22(9-7-21)23-10-13-27(30(38)16-23)24-11-14-28(31(39)17-24)25-18-33(41)35(34(42)19-25)36(43,44)45-26-12-15-29(37)32(40)20-26/h6-20H,2-5H2,1H3. The fourth-order valence-corrected chi connectivity index (χ4v) is 5.03. The third kappa shape index (κ3) is 7.03. The number of hydrogen-bond acceptors (Lipinski definition) is 1. The highest BCUT2D eigenvalue weighted by Gasteiger charge is 2.41. The van der Waals surface area contributed by atoms with Crippen LogP contribution in [0.4, 0.5) is 35.1 Å². The molecule has 0 heterocycles. The summed E-state index contributed by atoms with van der Waals surface area (Å²) in [7, 11) is 0. The third-order valence-corrected chi connectivity index (χ3v) is 7.39. The van der Waals surface area contributed by atoms with Crippen molar-refractivity contribution in [2.24, 2.45) is 0 Å². The molecule has 0 aromatic heterocycles. The molecular formula is C36H26F8O. The van der Waals surface area contributed by atoms with Crippen LogP contribution in [0.3, 0.4) is 0 Å². The number of aryl methyl sites for hydroxylation is 1. The first-order chi connectivity index (χ1) is 21.5. The van der Waals surface area contributed by atoms with Crippen LogP contribution in [-0.4, -0.2) is 0 Å². The van der Waals surface area contributed by atoms with Gasteiger partial charge < -0.3 is 4.74 Å². The van der Waals surface area contributed by atoms with Gasteiger partial charge >= 0.3 is 6.11 Å². The van der Waals surface area contributed by atoms with E-state index < -0.39 is 57.9 Å². The molecule has 5 rings (SSSR count). The van der Waals surface area contributed by atoms with Gasteiger partial charge in [-0.15, -0.1) is 0 Å². The quantitative estimate of drug-likeness (QED) is 0.111. The van der Waals surface area contributed by atoms with Crippen molar-refractivity contribution in [3.63, 3.8) is 0 Å². The van der Waals surface area contributed by atoms with Crippen molar-refractivity contribution in [3.8, 4) is 39.1 Å². The third-order valence-electron chi connectivity index (χ3n) is 7.39. The van der Waals surface area contributed by atoms with Crippen LogP contribution in [0.2, 0.25) is 0 Å². The van der Waals surface area contributed by atoms with Crippen LogP contribution >= 0.6 is 0 Å². The second kappa shape index (κ2) is 13.1. The van der Waals surface area contributed by atoms with E-state index in [1.807, 2.05) is 24.3 Å². The number of alkyl halides is 2. The Morgan fingerprint density at radius 1 is 0.511 bits per heavy atom. The molecule has 0 N–H and O–H groups in total. The van der Waals surface area contributed by atoms with Gasteiger partial charge in [-0.05, 0) is 77.1 Å². The number of benzene rings is 5. The van der Waals surface area contributed by atoms with Gasteiger partial charge in [-0.25, -0.2) is 26.3 Å². The highest BCUT2D eigenvalue weighted by molar-refractivity contribution is 5.74. The molecule has 0 fully saturated rings. The lowest BCUT2D eigenvalue weighted by Crippen LogP contribution is -2.25. The summed E-state index contributed by atoms with van der Waals surface area (Å²) in [6, 6.07) is 18.3. The van der Waals surface area contributed by atoms with E-state index in [1.54, 1.807) is 6.07 Å². The normalized spacial score (nSPS) is 11.6. The van der Waals surface area contributed by atoms with Crippen LogP contribution in [0.25, 0.3) is 33.4 Å². The van der Waals surface area contributed by atoms with Crippen molar-refractivity contribution in [3.05, 3.63) is 137 Å². The largest absolute Gasteiger partial charge is 0.432 e. The molecule has 0 radical (unpaired) electrons. The first-order valence-electron chi connectivity index (χ1n) is 14.2. The summed E-state index contributed by atoms with van der Waals surface area (Å²) in [5.41, 5.74) is 0.329. The highest BCUT2D eigenvalue weighted by atomic mass is 19.3. The molecule has 232 valence electrons. The van der Waals surface area contributed by atoms with Crippen LogP contribution in [0.5, 0.6) is 5.75 Å². The molecular weight excluding hydrogens is 600 g/mol. The molecule has 5 aromatic carbocycles. The molecule has 0 aliphatic rings. The van der Waals surface area contributed by atoms with E-state index in [1.165, 1.54) is 23.8 Å². The zero-order chi connectivity index (χ0) is 32.3. The molecule has 0 atom stereocenters. The van der Waals surface area contributed by atoms with Gasteiger partial charge in [0.15, 0.2) is 11.6 Å². The van der Waals surface area contributed by atoms with Crippen molar-refractivity contribution < 1.29 is 39.9 Å². The maximum Gasteiger partial charge on any atom is 0.432 e. The van der Waals surface area contributed by atoms with Crippen molar-refractivity contribution >= 4 is 0 Å². The molecule has 0 aliphatic heterocycles. The average Bonchev–Trinajstić information content (AvgIpc) is 2.98. The van der Waals surface area contributed by atoms with E-state index in [9.17, 15) is 26.3 Å². The Balaban J connectivity index is 1.37. The van der Waals surface area contributed by atoms with Crippen LogP contribution in [0.1, 0.15) is 37.3 Å². The minimum atomic E-state index is -4.63. The molecule has 0 aliphatic carbocycles. The average molecular weight is 627 g/mol. The molecule has 0 unspecified atom stereocenters. The number of unbranched alkanes of at least 4 members (excludes halogenated alkanes) is 2. The lowest BCUT2D eigenvalue weighted by atomic mass is 9.96. The van der Waals surface area contributed by atoms with Crippen LogP contribution in [0, 0.1) is 34.9 Å². The predicted octanol–water partition coefficient (Wildman–Crippen LogP) is 11.4. The Morgan fingerprint density at radius 2 is 1.07 bits per heavy atom. The second-order valence-corrected chi connectivity index (χ2v) is 10.6. The fraction of sp³-hybridized carbons (Fsp3) is 0.167. The summed E-state index contributed by atoms with van der Waals surface area (Å²) < 4.78 is 120. The molecule has 45 heavy (non-hydrogen) atoms. The Labute approximate surface area is 254 Å². The smallest absolute Gasteiger partial charge is 0.429 e. The zero-order valence-corrected chi connectivity index (χ0v) is 23.9. The van der Waals surface area contributed by atoms with Gasteiger partial charge in [0, 0.05) is 17.2 Å². The van der Waals surface area contributed by atoms with Gasteiger partial charge in [0.2, 0.25) is 0 Å². The molecule has 0 amide bonds. The van der Waals surface area contributed by atoms with Gasteiger partial charge in [0.05, 0.1) is 0 Å². The number of halogens is 8. The molecule has 0 bridgehead atoms. The maximum absolute atomic E-state index is 15.2. The first-order valence-corrected chi connectivity index (χ1v) is 14.2. The van der Waals surface area contributed by atoms with Gasteiger partial charge in [-0.2, -0.15) is 8.78 Å². The van der Waals surface area contributed by atoms with E-state index in [-0.39, 0.29) is 16.7 Å². The SMILES string of the molecule is CCCCCc1ccc(-c2ccc(-c3ccc(-c4cc(F)c(C(F)(F)Oc5ccc(F)c(F)c5)c(F)c4)c(F)c3)c(F)c2)cc1. The van der Waals surface area contributed by atoms with E-state index in [2.05, 4.69) is 11.7 Å². The lowest BCUT2D eigenvalue weighted by molar-refractivity contribution is -0.189. The van der Waals surface area contributed by atoms with E-state index >= 15 is 8.78 Å². The van der Waals surface area contributed by atoms with Crippen LogP contribution < -0.4 is 4.74 Å². The molecule has 0 saturated carbocycles. The second-order valence-electron chi connectivity index (χ2n) is 10.6. The van der Waals surface area contributed by atoms with Crippen molar-refractivity contribution in [2.45, 2.75) is 38.7 Å². The Kier molecular flexibility index (Phi) is 9.27. The highest BCUT2D eigenvalue weighted by Crippen LogP contribution is 2.38. The molecule has 0 spiro atoms. The zero-order valence-electron chi connectivity index (χ0n) is 23.9. The van der Waals surface area contributed by atoms with Gasteiger partial charge in [0.25, 0.3) is 0 Å². The van der Waals surface area contributed by atoms with Crippen molar-refractivity contribution in [2.75, 3.05) is 0 Å². The summed E-state index contributed by atoms with van der Waals surface area (Å²) in [6.07, 6.45) is -0.290. The van der Waals surface area contributed by atoms with E-state index in [0.29, 0.717) is 35.9 Å². The van der Waals surface area contributed by atoms with Crippen LogP contribution in [0.15, 0.2) is 91.0 Å². The number of ether oxygens (including phenoxy) is 1. The van der Waals surface area contributed by atoms with Crippen LogP contribution in [-0.2, 0) is 12.5 Å². The van der Waals surface area contributed by atoms with Gasteiger partial charge in [0.1, 0.15) is 34.6 Å². The summed E-state index contributed by atoms with van der Waals surface area (Å²) >= 11 is 0. The van der Waals surface area contributed by atoms with Gasteiger partial charge in [-0.1, -0.05) is 68.3 Å². The van der Waals surface area contributed by atoms with Crippen molar-refractivity contribution in [1.29, 1.82) is 0 Å². The minimum Gasteiger partial charge on any atom is -0.429 e. The maximum atomic E-state index is 15.2. The number of rotatable bonds is 10. The van der Waals surface area contributed by atoms with Gasteiger partial charge in [-0.3, -0.25) is 0 Å². The summed E-state index contributed by atoms with van der Waals surface area (Å²) in [6.45, 7) is 2.14. The van der Waals surface area contributed by atoms with E-state index in [0.717, 1.165) is 43.4 Å².